The predicted octanol–water partition coefficient (Wildman–Crippen LogP) is 3.25. The average molecular weight is 367 g/mol. The standard InChI is InChI=1S/C18H15ClN6O/c1-11-15(17(26)24-12-5-4-8-20-9-12)16(13-6-2-3-7-14(13)19)25-18(23-11)21-10-22-25/h2-10,16H,1H3,(H,24,26)(H,21,22,23). The molecule has 1 aromatic carbocycles. The van der Waals surface area contributed by atoms with Crippen molar-refractivity contribution >= 4 is 29.1 Å². The van der Waals surface area contributed by atoms with Crippen LogP contribution in [0.25, 0.3) is 0 Å². The predicted molar refractivity (Wildman–Crippen MR) is 98.8 cm³/mol. The Kier molecular flexibility index (Phi) is 4.14. The van der Waals surface area contributed by atoms with Crippen LogP contribution in [-0.2, 0) is 4.79 Å². The van der Waals surface area contributed by atoms with Crippen LogP contribution in [0, 0.1) is 0 Å². The molecule has 7 nitrogen and oxygen atoms in total. The highest BCUT2D eigenvalue weighted by Gasteiger charge is 2.34. The second-order valence-corrected chi connectivity index (χ2v) is 6.22. The number of halogens is 1. The van der Waals surface area contributed by atoms with Gasteiger partial charge in [-0.05, 0) is 25.1 Å². The van der Waals surface area contributed by atoms with Crippen LogP contribution < -0.4 is 10.6 Å². The first-order valence-electron chi connectivity index (χ1n) is 7.98. The maximum atomic E-state index is 13.1. The molecule has 4 rings (SSSR count). The van der Waals surface area contributed by atoms with Gasteiger partial charge >= 0.3 is 0 Å². The van der Waals surface area contributed by atoms with Gasteiger partial charge in [0.15, 0.2) is 0 Å². The lowest BCUT2D eigenvalue weighted by atomic mass is 9.95. The fourth-order valence-electron chi connectivity index (χ4n) is 3.00. The van der Waals surface area contributed by atoms with Crippen molar-refractivity contribution in [3.05, 3.63) is 77.0 Å². The number of carbonyl (C=O) groups is 1. The summed E-state index contributed by atoms with van der Waals surface area (Å²) in [6.07, 6.45) is 4.69. The van der Waals surface area contributed by atoms with Crippen LogP contribution in [0.15, 0.2) is 66.4 Å². The number of nitrogens with zero attached hydrogens (tertiary/aromatic N) is 4. The van der Waals surface area contributed by atoms with Crippen molar-refractivity contribution in [1.29, 1.82) is 0 Å². The summed E-state index contributed by atoms with van der Waals surface area (Å²) >= 11 is 6.42. The lowest BCUT2D eigenvalue weighted by molar-refractivity contribution is -0.113. The van der Waals surface area contributed by atoms with E-state index >= 15 is 0 Å². The van der Waals surface area contributed by atoms with Crippen molar-refractivity contribution in [3.63, 3.8) is 0 Å². The highest BCUT2D eigenvalue weighted by atomic mass is 35.5. The van der Waals surface area contributed by atoms with E-state index in [-0.39, 0.29) is 5.91 Å². The monoisotopic (exact) mass is 366 g/mol. The maximum Gasteiger partial charge on any atom is 0.255 e. The number of rotatable bonds is 3. The summed E-state index contributed by atoms with van der Waals surface area (Å²) in [6, 6.07) is 10.5. The Morgan fingerprint density at radius 3 is 2.88 bits per heavy atom. The van der Waals surface area contributed by atoms with E-state index in [0.717, 1.165) is 5.56 Å². The highest BCUT2D eigenvalue weighted by Crippen LogP contribution is 2.37. The molecule has 1 amide bonds. The first kappa shape index (κ1) is 16.3. The van der Waals surface area contributed by atoms with Gasteiger partial charge in [-0.25, -0.2) is 4.68 Å². The molecule has 0 fully saturated rings. The van der Waals surface area contributed by atoms with Gasteiger partial charge in [0.2, 0.25) is 5.95 Å². The van der Waals surface area contributed by atoms with Gasteiger partial charge < -0.3 is 10.6 Å². The SMILES string of the molecule is CC1=C(C(=O)Nc2cccnc2)C(c2ccccc2Cl)n2ncnc2N1. The van der Waals surface area contributed by atoms with Crippen molar-refractivity contribution in [2.24, 2.45) is 0 Å². The van der Waals surface area contributed by atoms with Gasteiger partial charge in [0, 0.05) is 22.5 Å². The number of anilines is 2. The number of carbonyl (C=O) groups excluding carboxylic acids is 1. The highest BCUT2D eigenvalue weighted by molar-refractivity contribution is 6.31. The first-order valence-corrected chi connectivity index (χ1v) is 8.36. The molecule has 2 N–H and O–H groups in total. The smallest absolute Gasteiger partial charge is 0.255 e. The van der Waals surface area contributed by atoms with E-state index in [4.69, 9.17) is 11.6 Å². The number of fused-ring (bicyclic) bond motifs is 1. The van der Waals surface area contributed by atoms with Crippen molar-refractivity contribution in [2.75, 3.05) is 10.6 Å². The topological polar surface area (TPSA) is 84.7 Å². The van der Waals surface area contributed by atoms with E-state index in [2.05, 4.69) is 25.7 Å². The van der Waals surface area contributed by atoms with Gasteiger partial charge in [0.05, 0.1) is 17.5 Å². The Bertz CT molecular complexity index is 998. The molecule has 0 spiro atoms. The zero-order valence-corrected chi connectivity index (χ0v) is 14.6. The number of amides is 1. The lowest BCUT2D eigenvalue weighted by Gasteiger charge is -2.29. The summed E-state index contributed by atoms with van der Waals surface area (Å²) in [7, 11) is 0. The van der Waals surface area contributed by atoms with Gasteiger partial charge in [-0.1, -0.05) is 29.8 Å². The van der Waals surface area contributed by atoms with E-state index in [0.29, 0.717) is 27.9 Å². The Hall–Kier alpha value is -3.19. The lowest BCUT2D eigenvalue weighted by Crippen LogP contribution is -2.31. The molecule has 0 saturated carbocycles. The zero-order valence-electron chi connectivity index (χ0n) is 13.8. The molecule has 1 aliphatic heterocycles. The number of pyridine rings is 1. The van der Waals surface area contributed by atoms with Crippen LogP contribution in [-0.4, -0.2) is 25.7 Å². The van der Waals surface area contributed by atoms with E-state index < -0.39 is 6.04 Å². The second-order valence-electron chi connectivity index (χ2n) is 5.81. The van der Waals surface area contributed by atoms with Crippen molar-refractivity contribution < 1.29 is 4.79 Å². The molecule has 1 unspecified atom stereocenters. The number of hydrogen-bond donors (Lipinski definition) is 2. The summed E-state index contributed by atoms with van der Waals surface area (Å²) < 4.78 is 1.66. The molecular formula is C18H15ClN6O. The number of hydrogen-bond acceptors (Lipinski definition) is 5. The average Bonchev–Trinajstić information content (AvgIpc) is 3.10. The number of benzene rings is 1. The van der Waals surface area contributed by atoms with Crippen LogP contribution in [0.2, 0.25) is 5.02 Å². The molecule has 130 valence electrons. The van der Waals surface area contributed by atoms with Crippen molar-refractivity contribution in [2.45, 2.75) is 13.0 Å². The number of allylic oxidation sites excluding steroid dienone is 1. The van der Waals surface area contributed by atoms with Crippen LogP contribution in [0.3, 0.4) is 0 Å². The summed E-state index contributed by atoms with van der Waals surface area (Å²) in [5, 5.41) is 10.8. The minimum atomic E-state index is -0.487. The van der Waals surface area contributed by atoms with Gasteiger partial charge in [0.25, 0.3) is 5.91 Å². The molecule has 0 aliphatic carbocycles. The number of nitrogens with one attached hydrogen (secondary N) is 2. The molecule has 8 heteroatoms. The minimum Gasteiger partial charge on any atom is -0.328 e. The van der Waals surface area contributed by atoms with E-state index in [1.807, 2.05) is 25.1 Å². The fourth-order valence-corrected chi connectivity index (χ4v) is 3.24. The zero-order chi connectivity index (χ0) is 18.1. The molecule has 1 atom stereocenters. The normalized spacial score (nSPS) is 16.0. The third-order valence-corrected chi connectivity index (χ3v) is 4.50. The third-order valence-electron chi connectivity index (χ3n) is 4.16. The van der Waals surface area contributed by atoms with Gasteiger partial charge in [-0.2, -0.15) is 10.1 Å². The number of aromatic nitrogens is 4. The third kappa shape index (κ3) is 2.82. The molecule has 0 radical (unpaired) electrons. The molecule has 3 aromatic rings. The molecule has 1 aliphatic rings. The molecule has 26 heavy (non-hydrogen) atoms. The largest absolute Gasteiger partial charge is 0.328 e. The fraction of sp³-hybridized carbons (Fsp3) is 0.111. The Labute approximate surface area is 154 Å². The van der Waals surface area contributed by atoms with Crippen LogP contribution in [0.5, 0.6) is 0 Å². The molecular weight excluding hydrogens is 352 g/mol. The van der Waals surface area contributed by atoms with Gasteiger partial charge in [-0.3, -0.25) is 9.78 Å². The first-order chi connectivity index (χ1) is 12.6. The van der Waals surface area contributed by atoms with Gasteiger partial charge in [0.1, 0.15) is 12.4 Å². The second kappa shape index (κ2) is 6.61. The molecule has 3 heterocycles. The summed E-state index contributed by atoms with van der Waals surface area (Å²) in [5.41, 5.74) is 2.59. The van der Waals surface area contributed by atoms with Crippen molar-refractivity contribution in [3.8, 4) is 0 Å². The van der Waals surface area contributed by atoms with Crippen LogP contribution >= 0.6 is 11.6 Å². The maximum absolute atomic E-state index is 13.1. The van der Waals surface area contributed by atoms with Crippen LogP contribution in [0.1, 0.15) is 18.5 Å². The molecule has 0 bridgehead atoms. The summed E-state index contributed by atoms with van der Waals surface area (Å²) in [4.78, 5) is 21.3. The molecule has 2 aromatic heterocycles. The Morgan fingerprint density at radius 1 is 1.27 bits per heavy atom. The summed E-state index contributed by atoms with van der Waals surface area (Å²) in [6.45, 7) is 1.83. The van der Waals surface area contributed by atoms with E-state index in [1.165, 1.54) is 6.33 Å². The van der Waals surface area contributed by atoms with Crippen LogP contribution in [0.4, 0.5) is 11.6 Å². The molecule has 0 saturated heterocycles. The van der Waals surface area contributed by atoms with Gasteiger partial charge in [-0.15, -0.1) is 0 Å². The Balaban J connectivity index is 1.80. The minimum absolute atomic E-state index is 0.255. The van der Waals surface area contributed by atoms with E-state index in [1.54, 1.807) is 35.3 Å². The van der Waals surface area contributed by atoms with E-state index in [9.17, 15) is 4.79 Å². The quantitative estimate of drug-likeness (QED) is 0.743. The summed E-state index contributed by atoms with van der Waals surface area (Å²) in [5.74, 6) is 0.305. The van der Waals surface area contributed by atoms with Crippen molar-refractivity contribution in [1.82, 2.24) is 19.7 Å². The Morgan fingerprint density at radius 2 is 2.12 bits per heavy atom.